The number of likely N-dealkylation sites (N-methyl/N-ethyl adjacent to an activating group) is 1. The van der Waals surface area contributed by atoms with Gasteiger partial charge in [-0.05, 0) is 24.7 Å². The first kappa shape index (κ1) is 10.5. The van der Waals surface area contributed by atoms with E-state index in [-0.39, 0.29) is 24.8 Å². The van der Waals surface area contributed by atoms with E-state index in [0.29, 0.717) is 6.54 Å². The highest BCUT2D eigenvalue weighted by atomic mass is 19.1. The molecule has 2 unspecified atom stereocenters. The Kier molecular flexibility index (Phi) is 3.00. The van der Waals surface area contributed by atoms with E-state index in [9.17, 15) is 4.39 Å². The third kappa shape index (κ3) is 2.17. The van der Waals surface area contributed by atoms with Gasteiger partial charge in [-0.3, -0.25) is 4.90 Å². The van der Waals surface area contributed by atoms with E-state index < -0.39 is 0 Å². The molecule has 3 nitrogen and oxygen atoms in total. The van der Waals surface area contributed by atoms with Crippen molar-refractivity contribution in [2.24, 2.45) is 0 Å². The third-order valence-corrected chi connectivity index (χ3v) is 2.57. The summed E-state index contributed by atoms with van der Waals surface area (Å²) in [6.07, 6.45) is -0.326. The topological polar surface area (TPSA) is 32.7 Å². The van der Waals surface area contributed by atoms with Crippen LogP contribution in [0.1, 0.15) is 11.8 Å². The van der Waals surface area contributed by atoms with Crippen LogP contribution in [0.4, 0.5) is 4.39 Å². The highest BCUT2D eigenvalue weighted by Gasteiger charge is 2.30. The maximum Gasteiger partial charge on any atom is 0.137 e. The highest BCUT2D eigenvalue weighted by Crippen LogP contribution is 2.28. The predicted octanol–water partition coefficient (Wildman–Crippen LogP) is 1.15. The van der Waals surface area contributed by atoms with Gasteiger partial charge in [-0.2, -0.15) is 0 Å². The van der Waals surface area contributed by atoms with Crippen LogP contribution in [-0.4, -0.2) is 36.3 Å². The molecule has 1 saturated heterocycles. The van der Waals surface area contributed by atoms with Crippen molar-refractivity contribution in [3.8, 4) is 0 Å². The molecule has 1 N–H and O–H groups in total. The Morgan fingerprint density at radius 3 is 2.67 bits per heavy atom. The first-order valence-corrected chi connectivity index (χ1v) is 4.92. The van der Waals surface area contributed by atoms with Gasteiger partial charge < -0.3 is 9.84 Å². The molecule has 0 aliphatic carbocycles. The second-order valence-corrected chi connectivity index (χ2v) is 3.78. The average Bonchev–Trinajstić information content (AvgIpc) is 2.61. The minimum Gasteiger partial charge on any atom is -0.394 e. The fraction of sp³-hybridized carbons (Fsp3) is 0.455. The normalized spacial score (nSPS) is 27.1. The summed E-state index contributed by atoms with van der Waals surface area (Å²) in [5.74, 6) is -0.252. The SMILES string of the molecule is CN1CC(CO)OC1c1ccc(F)cc1. The molecule has 1 aromatic rings. The lowest BCUT2D eigenvalue weighted by Crippen LogP contribution is -2.20. The minimum atomic E-state index is -0.252. The molecule has 82 valence electrons. The van der Waals surface area contributed by atoms with Gasteiger partial charge in [0.1, 0.15) is 12.0 Å². The molecule has 1 aliphatic heterocycles. The van der Waals surface area contributed by atoms with Crippen LogP contribution in [-0.2, 0) is 4.74 Å². The predicted molar refractivity (Wildman–Crippen MR) is 53.7 cm³/mol. The maximum atomic E-state index is 12.7. The Bertz CT molecular complexity index is 328. The number of rotatable bonds is 2. The molecule has 2 atom stereocenters. The number of nitrogens with zero attached hydrogens (tertiary/aromatic N) is 1. The summed E-state index contributed by atoms with van der Waals surface area (Å²) in [4.78, 5) is 1.99. The number of benzene rings is 1. The van der Waals surface area contributed by atoms with Gasteiger partial charge in [-0.1, -0.05) is 12.1 Å². The quantitative estimate of drug-likeness (QED) is 0.796. The minimum absolute atomic E-state index is 0.0159. The Hall–Kier alpha value is -0.970. The Morgan fingerprint density at radius 2 is 2.13 bits per heavy atom. The molecule has 1 heterocycles. The van der Waals surface area contributed by atoms with E-state index >= 15 is 0 Å². The van der Waals surface area contributed by atoms with Crippen LogP contribution in [0.5, 0.6) is 0 Å². The van der Waals surface area contributed by atoms with Crippen molar-refractivity contribution < 1.29 is 14.2 Å². The lowest BCUT2D eigenvalue weighted by Gasteiger charge is -2.17. The number of hydrogen-bond acceptors (Lipinski definition) is 3. The monoisotopic (exact) mass is 211 g/mol. The zero-order valence-corrected chi connectivity index (χ0v) is 8.56. The van der Waals surface area contributed by atoms with Crippen LogP contribution in [0.2, 0.25) is 0 Å². The van der Waals surface area contributed by atoms with Crippen LogP contribution >= 0.6 is 0 Å². The third-order valence-electron chi connectivity index (χ3n) is 2.57. The van der Waals surface area contributed by atoms with E-state index in [0.717, 1.165) is 5.56 Å². The van der Waals surface area contributed by atoms with Crippen molar-refractivity contribution in [3.63, 3.8) is 0 Å². The summed E-state index contributed by atoms with van der Waals surface area (Å²) >= 11 is 0. The number of ether oxygens (including phenoxy) is 1. The Balaban J connectivity index is 2.14. The number of hydrogen-bond donors (Lipinski definition) is 1. The van der Waals surface area contributed by atoms with Crippen molar-refractivity contribution >= 4 is 0 Å². The van der Waals surface area contributed by atoms with Gasteiger partial charge in [-0.25, -0.2) is 4.39 Å². The number of halogens is 1. The molecule has 1 fully saturated rings. The molecular weight excluding hydrogens is 197 g/mol. The highest BCUT2D eigenvalue weighted by molar-refractivity contribution is 5.19. The number of aliphatic hydroxyl groups is 1. The molecule has 2 rings (SSSR count). The zero-order valence-electron chi connectivity index (χ0n) is 8.56. The van der Waals surface area contributed by atoms with Gasteiger partial charge in [0, 0.05) is 6.54 Å². The van der Waals surface area contributed by atoms with Gasteiger partial charge in [-0.15, -0.1) is 0 Å². The Morgan fingerprint density at radius 1 is 1.47 bits per heavy atom. The van der Waals surface area contributed by atoms with Crippen LogP contribution in [0.15, 0.2) is 24.3 Å². The summed E-state index contributed by atoms with van der Waals surface area (Å²) in [6.45, 7) is 0.709. The zero-order chi connectivity index (χ0) is 10.8. The van der Waals surface area contributed by atoms with Crippen molar-refractivity contribution in [2.75, 3.05) is 20.2 Å². The standard InChI is InChI=1S/C11H14FNO2/c1-13-6-10(7-14)15-11(13)8-2-4-9(12)5-3-8/h2-5,10-11,14H,6-7H2,1H3. The van der Waals surface area contributed by atoms with Crippen LogP contribution in [0.25, 0.3) is 0 Å². The lowest BCUT2D eigenvalue weighted by atomic mass is 10.2. The number of aliphatic hydroxyl groups excluding tert-OH is 1. The molecule has 15 heavy (non-hydrogen) atoms. The van der Waals surface area contributed by atoms with Crippen molar-refractivity contribution in [1.29, 1.82) is 0 Å². The molecule has 0 radical (unpaired) electrons. The first-order valence-electron chi connectivity index (χ1n) is 4.92. The second kappa shape index (κ2) is 4.26. The molecule has 0 saturated carbocycles. The maximum absolute atomic E-state index is 12.7. The van der Waals surface area contributed by atoms with Crippen molar-refractivity contribution in [1.82, 2.24) is 4.90 Å². The Labute approximate surface area is 88.1 Å². The van der Waals surface area contributed by atoms with Crippen molar-refractivity contribution in [2.45, 2.75) is 12.3 Å². The lowest BCUT2D eigenvalue weighted by molar-refractivity contribution is -0.0139. The summed E-state index contributed by atoms with van der Waals surface area (Å²) in [5, 5.41) is 8.98. The molecule has 4 heteroatoms. The molecule has 0 spiro atoms. The smallest absolute Gasteiger partial charge is 0.137 e. The van der Waals surface area contributed by atoms with E-state index in [1.165, 1.54) is 12.1 Å². The summed E-state index contributed by atoms with van der Waals surface area (Å²) in [7, 11) is 1.92. The molecule has 1 aromatic carbocycles. The fourth-order valence-corrected chi connectivity index (χ4v) is 1.81. The van der Waals surface area contributed by atoms with Crippen LogP contribution in [0, 0.1) is 5.82 Å². The fourth-order valence-electron chi connectivity index (χ4n) is 1.81. The van der Waals surface area contributed by atoms with Gasteiger partial charge in [0.2, 0.25) is 0 Å². The summed E-state index contributed by atoms with van der Waals surface area (Å²) in [5.41, 5.74) is 0.912. The van der Waals surface area contributed by atoms with Crippen molar-refractivity contribution in [3.05, 3.63) is 35.6 Å². The van der Waals surface area contributed by atoms with Gasteiger partial charge in [0.15, 0.2) is 0 Å². The molecule has 0 bridgehead atoms. The largest absolute Gasteiger partial charge is 0.394 e. The molecular formula is C11H14FNO2. The summed E-state index contributed by atoms with van der Waals surface area (Å²) < 4.78 is 18.3. The molecule has 0 aromatic heterocycles. The van der Waals surface area contributed by atoms with E-state index in [1.807, 2.05) is 11.9 Å². The van der Waals surface area contributed by atoms with E-state index in [2.05, 4.69) is 0 Å². The van der Waals surface area contributed by atoms with Crippen LogP contribution in [0.3, 0.4) is 0 Å². The molecule has 0 amide bonds. The summed E-state index contributed by atoms with van der Waals surface area (Å²) in [6, 6.07) is 6.24. The van der Waals surface area contributed by atoms with Gasteiger partial charge >= 0.3 is 0 Å². The van der Waals surface area contributed by atoms with E-state index in [1.54, 1.807) is 12.1 Å². The van der Waals surface area contributed by atoms with Crippen LogP contribution < -0.4 is 0 Å². The van der Waals surface area contributed by atoms with Gasteiger partial charge in [0.25, 0.3) is 0 Å². The van der Waals surface area contributed by atoms with E-state index in [4.69, 9.17) is 9.84 Å². The second-order valence-electron chi connectivity index (χ2n) is 3.78. The van der Waals surface area contributed by atoms with Gasteiger partial charge in [0.05, 0.1) is 12.7 Å². The first-order chi connectivity index (χ1) is 7.20. The average molecular weight is 211 g/mol. The molecule has 1 aliphatic rings.